The molecule has 1 saturated heterocycles. The van der Waals surface area contributed by atoms with E-state index in [4.69, 9.17) is 15.2 Å². The van der Waals surface area contributed by atoms with Gasteiger partial charge in [0.1, 0.15) is 11.3 Å². The Balaban J connectivity index is 2.02. The van der Waals surface area contributed by atoms with Crippen molar-refractivity contribution >= 4 is 17.0 Å². The summed E-state index contributed by atoms with van der Waals surface area (Å²) in [7, 11) is 1.65. The number of aromatic nitrogens is 2. The van der Waals surface area contributed by atoms with Gasteiger partial charge < -0.3 is 19.8 Å². The molecular formula is C13H17N3O2. The molecule has 1 unspecified atom stereocenters. The number of benzene rings is 1. The zero-order valence-electron chi connectivity index (χ0n) is 10.4. The Morgan fingerprint density at radius 2 is 2.44 bits per heavy atom. The highest BCUT2D eigenvalue weighted by molar-refractivity contribution is 5.84. The second kappa shape index (κ2) is 4.49. The predicted molar refractivity (Wildman–Crippen MR) is 69.6 cm³/mol. The predicted octanol–water partition coefficient (Wildman–Crippen LogP) is 1.66. The van der Waals surface area contributed by atoms with Crippen molar-refractivity contribution in [1.29, 1.82) is 0 Å². The average Bonchev–Trinajstić information content (AvgIpc) is 2.99. The third-order valence-corrected chi connectivity index (χ3v) is 3.46. The Kier molecular flexibility index (Phi) is 2.83. The fourth-order valence-electron chi connectivity index (χ4n) is 2.48. The second-order valence-electron chi connectivity index (χ2n) is 4.64. The van der Waals surface area contributed by atoms with Gasteiger partial charge in [0.15, 0.2) is 0 Å². The quantitative estimate of drug-likeness (QED) is 0.896. The minimum atomic E-state index is 0.524. The van der Waals surface area contributed by atoms with Crippen molar-refractivity contribution in [3.8, 4) is 5.75 Å². The number of nitrogens with zero attached hydrogens (tertiary/aromatic N) is 2. The number of ether oxygens (including phenoxy) is 2. The standard InChI is InChI=1S/C13H17N3O2/c1-17-11-4-2-3-10-12(11)15-13(14)16(10)7-9-5-6-18-8-9/h2-4,9H,5-8H2,1H3,(H2,14,15). The number of nitrogen functional groups attached to an aromatic ring is 1. The van der Waals surface area contributed by atoms with Gasteiger partial charge in [-0.1, -0.05) is 6.07 Å². The fourth-order valence-corrected chi connectivity index (χ4v) is 2.48. The number of fused-ring (bicyclic) bond motifs is 1. The molecule has 2 N–H and O–H groups in total. The molecule has 1 fully saturated rings. The van der Waals surface area contributed by atoms with Crippen molar-refractivity contribution in [1.82, 2.24) is 9.55 Å². The molecule has 0 amide bonds. The molecule has 1 aliphatic heterocycles. The summed E-state index contributed by atoms with van der Waals surface area (Å²) in [4.78, 5) is 4.40. The summed E-state index contributed by atoms with van der Waals surface area (Å²) in [6.07, 6.45) is 1.09. The van der Waals surface area contributed by atoms with E-state index in [1.54, 1.807) is 7.11 Å². The van der Waals surface area contributed by atoms with Crippen LogP contribution in [-0.4, -0.2) is 29.9 Å². The molecule has 3 rings (SSSR count). The highest BCUT2D eigenvalue weighted by Gasteiger charge is 2.19. The molecule has 2 aromatic rings. The first kappa shape index (κ1) is 11.3. The van der Waals surface area contributed by atoms with Crippen LogP contribution >= 0.6 is 0 Å². The monoisotopic (exact) mass is 247 g/mol. The first-order valence-corrected chi connectivity index (χ1v) is 6.16. The lowest BCUT2D eigenvalue weighted by Crippen LogP contribution is -2.12. The van der Waals surface area contributed by atoms with Crippen LogP contribution in [0.15, 0.2) is 18.2 Å². The number of methoxy groups -OCH3 is 1. The molecule has 0 spiro atoms. The summed E-state index contributed by atoms with van der Waals surface area (Å²) in [5.74, 6) is 1.83. The van der Waals surface area contributed by atoms with Crippen LogP contribution in [0.3, 0.4) is 0 Å². The zero-order chi connectivity index (χ0) is 12.5. The lowest BCUT2D eigenvalue weighted by molar-refractivity contribution is 0.183. The van der Waals surface area contributed by atoms with Gasteiger partial charge in [0.05, 0.1) is 19.2 Å². The van der Waals surface area contributed by atoms with Gasteiger partial charge in [-0.3, -0.25) is 0 Å². The Bertz CT molecular complexity index is 559. The summed E-state index contributed by atoms with van der Waals surface area (Å²) in [5, 5.41) is 0. The van der Waals surface area contributed by atoms with Gasteiger partial charge in [-0.15, -0.1) is 0 Å². The van der Waals surface area contributed by atoms with Crippen LogP contribution in [0, 0.1) is 5.92 Å². The Hall–Kier alpha value is -1.75. The topological polar surface area (TPSA) is 62.3 Å². The molecule has 5 nitrogen and oxygen atoms in total. The number of imidazole rings is 1. The van der Waals surface area contributed by atoms with Crippen LogP contribution in [0.4, 0.5) is 5.95 Å². The van der Waals surface area contributed by atoms with E-state index in [2.05, 4.69) is 9.55 Å². The Morgan fingerprint density at radius 1 is 1.56 bits per heavy atom. The Labute approximate surface area is 106 Å². The average molecular weight is 247 g/mol. The molecule has 0 bridgehead atoms. The minimum absolute atomic E-state index is 0.524. The summed E-state index contributed by atoms with van der Waals surface area (Å²) < 4.78 is 12.8. The van der Waals surface area contributed by atoms with Gasteiger partial charge in [-0.05, 0) is 18.6 Å². The number of hydrogen-bond acceptors (Lipinski definition) is 4. The van der Waals surface area contributed by atoms with E-state index < -0.39 is 0 Å². The molecule has 1 atom stereocenters. The summed E-state index contributed by atoms with van der Waals surface area (Å²) >= 11 is 0. The van der Waals surface area contributed by atoms with Gasteiger partial charge in [0, 0.05) is 19.1 Å². The maximum absolute atomic E-state index is 6.01. The van der Waals surface area contributed by atoms with E-state index in [9.17, 15) is 0 Å². The van der Waals surface area contributed by atoms with Gasteiger partial charge >= 0.3 is 0 Å². The van der Waals surface area contributed by atoms with E-state index in [1.807, 2.05) is 18.2 Å². The van der Waals surface area contributed by atoms with Crippen molar-refractivity contribution in [3.05, 3.63) is 18.2 Å². The molecular weight excluding hydrogens is 230 g/mol. The van der Waals surface area contributed by atoms with E-state index in [0.717, 1.165) is 43.0 Å². The van der Waals surface area contributed by atoms with Crippen LogP contribution in [0.2, 0.25) is 0 Å². The lowest BCUT2D eigenvalue weighted by atomic mass is 10.1. The molecule has 0 radical (unpaired) electrons. The largest absolute Gasteiger partial charge is 0.494 e. The molecule has 1 aromatic heterocycles. The van der Waals surface area contributed by atoms with Crippen LogP contribution in [0.1, 0.15) is 6.42 Å². The van der Waals surface area contributed by atoms with Gasteiger partial charge in [0.2, 0.25) is 5.95 Å². The van der Waals surface area contributed by atoms with E-state index in [1.165, 1.54) is 0 Å². The summed E-state index contributed by atoms with van der Waals surface area (Å²) in [5.41, 5.74) is 7.87. The minimum Gasteiger partial charge on any atom is -0.494 e. The molecule has 2 heterocycles. The lowest BCUT2D eigenvalue weighted by Gasteiger charge is -2.11. The van der Waals surface area contributed by atoms with Crippen molar-refractivity contribution in [2.75, 3.05) is 26.1 Å². The first-order chi connectivity index (χ1) is 8.79. The van der Waals surface area contributed by atoms with Gasteiger partial charge in [-0.2, -0.15) is 0 Å². The molecule has 18 heavy (non-hydrogen) atoms. The highest BCUT2D eigenvalue weighted by atomic mass is 16.5. The normalized spacial score (nSPS) is 19.5. The molecule has 96 valence electrons. The molecule has 0 aliphatic carbocycles. The number of para-hydroxylation sites is 1. The summed E-state index contributed by atoms with van der Waals surface area (Å²) in [6.45, 7) is 2.51. The number of hydrogen-bond donors (Lipinski definition) is 1. The second-order valence-corrected chi connectivity index (χ2v) is 4.64. The van der Waals surface area contributed by atoms with Gasteiger partial charge in [-0.25, -0.2) is 4.98 Å². The highest BCUT2D eigenvalue weighted by Crippen LogP contribution is 2.28. The number of nitrogens with two attached hydrogens (primary N) is 1. The maximum Gasteiger partial charge on any atom is 0.201 e. The zero-order valence-corrected chi connectivity index (χ0v) is 10.4. The van der Waals surface area contributed by atoms with Crippen LogP contribution < -0.4 is 10.5 Å². The van der Waals surface area contributed by atoms with Gasteiger partial charge in [0.25, 0.3) is 0 Å². The third-order valence-electron chi connectivity index (χ3n) is 3.46. The van der Waals surface area contributed by atoms with E-state index >= 15 is 0 Å². The van der Waals surface area contributed by atoms with E-state index in [-0.39, 0.29) is 0 Å². The molecule has 1 aromatic carbocycles. The van der Waals surface area contributed by atoms with Crippen molar-refractivity contribution in [3.63, 3.8) is 0 Å². The first-order valence-electron chi connectivity index (χ1n) is 6.16. The van der Waals surface area contributed by atoms with E-state index in [0.29, 0.717) is 11.9 Å². The Morgan fingerprint density at radius 3 is 3.17 bits per heavy atom. The molecule has 0 saturated carbocycles. The van der Waals surface area contributed by atoms with Crippen molar-refractivity contribution in [2.45, 2.75) is 13.0 Å². The van der Waals surface area contributed by atoms with Crippen LogP contribution in [0.25, 0.3) is 11.0 Å². The van der Waals surface area contributed by atoms with Crippen LogP contribution in [-0.2, 0) is 11.3 Å². The summed E-state index contributed by atoms with van der Waals surface area (Å²) in [6, 6.07) is 5.89. The third kappa shape index (κ3) is 1.80. The smallest absolute Gasteiger partial charge is 0.201 e. The molecule has 1 aliphatic rings. The molecule has 5 heteroatoms. The number of anilines is 1. The van der Waals surface area contributed by atoms with Crippen molar-refractivity contribution < 1.29 is 9.47 Å². The van der Waals surface area contributed by atoms with Crippen molar-refractivity contribution in [2.24, 2.45) is 5.92 Å². The van der Waals surface area contributed by atoms with Crippen LogP contribution in [0.5, 0.6) is 5.75 Å². The number of rotatable bonds is 3. The maximum atomic E-state index is 6.01. The fraction of sp³-hybridized carbons (Fsp3) is 0.462. The SMILES string of the molecule is COc1cccc2c1nc(N)n2CC1CCOC1.